The number of nitrogens with one attached hydrogen (secondary N) is 1. The van der Waals surface area contributed by atoms with Gasteiger partial charge in [-0.25, -0.2) is 0 Å². The maximum Gasteiger partial charge on any atom is 0.287 e. The third-order valence-electron chi connectivity index (χ3n) is 3.25. The molecule has 104 valence electrons. The highest BCUT2D eigenvalue weighted by Gasteiger charge is 2.21. The first-order chi connectivity index (χ1) is 8.95. The van der Waals surface area contributed by atoms with E-state index in [1.807, 2.05) is 0 Å². The Balaban J connectivity index is 2.07. The summed E-state index contributed by atoms with van der Waals surface area (Å²) in [5, 5.41) is 14.4. The van der Waals surface area contributed by atoms with E-state index in [1.54, 1.807) is 12.1 Å². The van der Waals surface area contributed by atoms with Crippen LogP contribution in [0.2, 0.25) is 5.02 Å². The van der Waals surface area contributed by atoms with E-state index in [9.17, 15) is 10.1 Å². The van der Waals surface area contributed by atoms with Gasteiger partial charge in [-0.2, -0.15) is 0 Å². The fourth-order valence-corrected chi connectivity index (χ4v) is 2.90. The van der Waals surface area contributed by atoms with Gasteiger partial charge in [0.2, 0.25) is 0 Å². The lowest BCUT2D eigenvalue weighted by atomic mass is 10.1. The van der Waals surface area contributed by atoms with Crippen LogP contribution in [0.3, 0.4) is 0 Å². The number of hydrogen-bond donors (Lipinski definition) is 1. The van der Waals surface area contributed by atoms with Gasteiger partial charge in [0.1, 0.15) is 5.02 Å². The van der Waals surface area contributed by atoms with Crippen LogP contribution >= 0.6 is 11.6 Å². The van der Waals surface area contributed by atoms with E-state index < -0.39 is 4.92 Å². The number of nitro groups is 1. The van der Waals surface area contributed by atoms with Crippen LogP contribution in [0.25, 0.3) is 0 Å². The van der Waals surface area contributed by atoms with Crippen LogP contribution in [0.4, 0.5) is 5.69 Å². The molecular formula is C13H18ClN3O2. The van der Waals surface area contributed by atoms with Crippen molar-refractivity contribution < 1.29 is 4.92 Å². The Kier molecular flexibility index (Phi) is 4.39. The van der Waals surface area contributed by atoms with Gasteiger partial charge in [0.05, 0.1) is 4.92 Å². The molecule has 1 heterocycles. The zero-order chi connectivity index (χ0) is 14.0. The largest absolute Gasteiger partial charge is 0.309 e. The maximum atomic E-state index is 10.7. The lowest BCUT2D eigenvalue weighted by molar-refractivity contribution is -0.384. The molecule has 1 fully saturated rings. The lowest BCUT2D eigenvalue weighted by Crippen LogP contribution is -2.53. The van der Waals surface area contributed by atoms with Crippen molar-refractivity contribution in [3.05, 3.63) is 38.9 Å². The number of halogens is 1. The minimum atomic E-state index is -0.457. The highest BCUT2D eigenvalue weighted by Crippen LogP contribution is 2.25. The van der Waals surface area contributed by atoms with E-state index in [4.69, 9.17) is 11.6 Å². The average molecular weight is 284 g/mol. The van der Waals surface area contributed by atoms with Crippen molar-refractivity contribution in [2.24, 2.45) is 0 Å². The minimum Gasteiger partial charge on any atom is -0.309 e. The van der Waals surface area contributed by atoms with E-state index in [-0.39, 0.29) is 10.7 Å². The van der Waals surface area contributed by atoms with Crippen molar-refractivity contribution in [3.8, 4) is 0 Å². The zero-order valence-electron chi connectivity index (χ0n) is 11.1. The van der Waals surface area contributed by atoms with Crippen LogP contribution < -0.4 is 5.32 Å². The van der Waals surface area contributed by atoms with Crippen LogP contribution in [-0.4, -0.2) is 35.0 Å². The van der Waals surface area contributed by atoms with E-state index in [0.717, 1.165) is 25.2 Å². The molecule has 1 N–H and O–H groups in total. The predicted molar refractivity (Wildman–Crippen MR) is 75.4 cm³/mol. The second-order valence-corrected chi connectivity index (χ2v) is 5.61. The Morgan fingerprint density at radius 2 is 2.05 bits per heavy atom. The number of rotatable bonds is 3. The molecule has 0 saturated carbocycles. The van der Waals surface area contributed by atoms with Gasteiger partial charge in [0.15, 0.2) is 0 Å². The number of piperazine rings is 1. The molecule has 1 aliphatic heterocycles. The van der Waals surface area contributed by atoms with E-state index in [2.05, 4.69) is 24.1 Å². The van der Waals surface area contributed by atoms with Gasteiger partial charge in [-0.05, 0) is 25.5 Å². The lowest BCUT2D eigenvalue weighted by Gasteiger charge is -2.36. The Morgan fingerprint density at radius 3 is 2.58 bits per heavy atom. The quantitative estimate of drug-likeness (QED) is 0.684. The Labute approximate surface area is 117 Å². The van der Waals surface area contributed by atoms with Crippen molar-refractivity contribution in [2.75, 3.05) is 13.1 Å². The van der Waals surface area contributed by atoms with Gasteiger partial charge in [0, 0.05) is 37.8 Å². The van der Waals surface area contributed by atoms with Crippen molar-refractivity contribution in [1.82, 2.24) is 10.2 Å². The molecule has 0 amide bonds. The third-order valence-corrected chi connectivity index (χ3v) is 3.55. The normalized spacial score (nSPS) is 24.4. The molecule has 6 heteroatoms. The fraction of sp³-hybridized carbons (Fsp3) is 0.538. The molecule has 19 heavy (non-hydrogen) atoms. The first-order valence-electron chi connectivity index (χ1n) is 6.37. The van der Waals surface area contributed by atoms with Crippen molar-refractivity contribution in [2.45, 2.75) is 32.5 Å². The molecule has 1 saturated heterocycles. The number of nitro benzene ring substituents is 1. The molecule has 1 aromatic rings. The van der Waals surface area contributed by atoms with Gasteiger partial charge < -0.3 is 5.32 Å². The standard InChI is InChI=1S/C13H18ClN3O2/c1-9-6-16(7-10(2)15-9)8-11-3-4-13(17(18)19)12(14)5-11/h3-5,9-10,15H,6-8H2,1-2H3. The van der Waals surface area contributed by atoms with E-state index in [1.165, 1.54) is 6.07 Å². The third kappa shape index (κ3) is 3.65. The number of hydrogen-bond acceptors (Lipinski definition) is 4. The van der Waals surface area contributed by atoms with Crippen molar-refractivity contribution >= 4 is 17.3 Å². The van der Waals surface area contributed by atoms with Crippen LogP contribution in [0, 0.1) is 10.1 Å². The molecule has 2 unspecified atom stereocenters. The van der Waals surface area contributed by atoms with Gasteiger partial charge in [-0.15, -0.1) is 0 Å². The highest BCUT2D eigenvalue weighted by molar-refractivity contribution is 6.32. The summed E-state index contributed by atoms with van der Waals surface area (Å²) in [6.07, 6.45) is 0. The molecule has 1 aliphatic rings. The molecule has 2 atom stereocenters. The Morgan fingerprint density at radius 1 is 1.42 bits per heavy atom. The topological polar surface area (TPSA) is 58.4 Å². The first-order valence-corrected chi connectivity index (χ1v) is 6.74. The molecule has 0 bridgehead atoms. The van der Waals surface area contributed by atoms with Gasteiger partial charge in [-0.3, -0.25) is 15.0 Å². The Hall–Kier alpha value is -1.17. The van der Waals surface area contributed by atoms with E-state index in [0.29, 0.717) is 12.1 Å². The number of nitrogens with zero attached hydrogens (tertiary/aromatic N) is 2. The summed E-state index contributed by atoms with van der Waals surface area (Å²) >= 11 is 5.93. The summed E-state index contributed by atoms with van der Waals surface area (Å²) in [5.74, 6) is 0. The van der Waals surface area contributed by atoms with Crippen molar-refractivity contribution in [1.29, 1.82) is 0 Å². The second kappa shape index (κ2) is 5.86. The molecule has 0 aromatic heterocycles. The SMILES string of the molecule is CC1CN(Cc2ccc([N+](=O)[O-])c(Cl)c2)CC(C)N1. The van der Waals surface area contributed by atoms with Gasteiger partial charge in [-0.1, -0.05) is 17.7 Å². The monoisotopic (exact) mass is 283 g/mol. The molecule has 0 radical (unpaired) electrons. The van der Waals surface area contributed by atoms with Crippen LogP contribution in [-0.2, 0) is 6.54 Å². The summed E-state index contributed by atoms with van der Waals surface area (Å²) in [5.41, 5.74) is 0.976. The molecule has 0 spiro atoms. The molecule has 1 aromatic carbocycles. The zero-order valence-corrected chi connectivity index (χ0v) is 11.9. The smallest absolute Gasteiger partial charge is 0.287 e. The first kappa shape index (κ1) is 14.2. The van der Waals surface area contributed by atoms with Gasteiger partial charge >= 0.3 is 0 Å². The minimum absolute atomic E-state index is 0.0348. The summed E-state index contributed by atoms with van der Waals surface area (Å²) in [4.78, 5) is 12.6. The molecule has 5 nitrogen and oxygen atoms in total. The second-order valence-electron chi connectivity index (χ2n) is 5.21. The summed E-state index contributed by atoms with van der Waals surface area (Å²) in [6.45, 7) is 7.03. The average Bonchev–Trinajstić information content (AvgIpc) is 2.26. The fourth-order valence-electron chi connectivity index (χ4n) is 2.62. The van der Waals surface area contributed by atoms with Crippen molar-refractivity contribution in [3.63, 3.8) is 0 Å². The summed E-state index contributed by atoms with van der Waals surface area (Å²) in [7, 11) is 0. The molecule has 0 aliphatic carbocycles. The van der Waals surface area contributed by atoms with Crippen LogP contribution in [0.1, 0.15) is 19.4 Å². The highest BCUT2D eigenvalue weighted by atomic mass is 35.5. The summed E-state index contributed by atoms with van der Waals surface area (Å²) < 4.78 is 0. The van der Waals surface area contributed by atoms with E-state index >= 15 is 0 Å². The van der Waals surface area contributed by atoms with Gasteiger partial charge in [0.25, 0.3) is 5.69 Å². The maximum absolute atomic E-state index is 10.7. The predicted octanol–water partition coefficient (Wildman–Crippen LogP) is 2.43. The number of benzene rings is 1. The Bertz CT molecular complexity index is 471. The summed E-state index contributed by atoms with van der Waals surface area (Å²) in [6, 6.07) is 5.86. The van der Waals surface area contributed by atoms with Crippen LogP contribution in [0.15, 0.2) is 18.2 Å². The molecule has 2 rings (SSSR count). The van der Waals surface area contributed by atoms with Crippen LogP contribution in [0.5, 0.6) is 0 Å². The molecular weight excluding hydrogens is 266 g/mol.